The van der Waals surface area contributed by atoms with Crippen molar-refractivity contribution in [2.45, 2.75) is 6.04 Å². The summed E-state index contributed by atoms with van der Waals surface area (Å²) in [6.45, 7) is 0. The summed E-state index contributed by atoms with van der Waals surface area (Å²) in [6, 6.07) is 14.5. The van der Waals surface area contributed by atoms with Gasteiger partial charge in [-0.15, -0.1) is 0 Å². The number of hydrogen-bond acceptors (Lipinski definition) is 6. The maximum absolute atomic E-state index is 13.0. The van der Waals surface area contributed by atoms with Crippen LogP contribution in [0.4, 0.5) is 5.95 Å². The Morgan fingerprint density at radius 3 is 2.40 bits per heavy atom. The molecule has 30 heavy (non-hydrogen) atoms. The molecule has 1 fully saturated rings. The molecule has 0 spiro atoms. The van der Waals surface area contributed by atoms with E-state index >= 15 is 0 Å². The Bertz CT molecular complexity index is 1150. The molecule has 1 atom stereocenters. The second-order valence-corrected chi connectivity index (χ2v) is 7.42. The quantitative estimate of drug-likeness (QED) is 0.357. The zero-order chi connectivity index (χ0) is 21.3. The van der Waals surface area contributed by atoms with Crippen molar-refractivity contribution in [1.82, 2.24) is 9.97 Å². The molecule has 1 aliphatic heterocycles. The fraction of sp³-hybridized carbons (Fsp3) is 0.0909. The molecule has 8 heteroatoms. The molecule has 2 aromatic carbocycles. The lowest BCUT2D eigenvalue weighted by atomic mass is 9.95. The summed E-state index contributed by atoms with van der Waals surface area (Å²) in [7, 11) is 1.54. The lowest BCUT2D eigenvalue weighted by Crippen LogP contribution is -2.31. The minimum Gasteiger partial charge on any atom is -0.507 e. The fourth-order valence-corrected chi connectivity index (χ4v) is 3.77. The number of ketones is 1. The average molecular weight is 466 g/mol. The van der Waals surface area contributed by atoms with Crippen molar-refractivity contribution in [3.8, 4) is 5.75 Å². The van der Waals surface area contributed by atoms with Crippen LogP contribution in [0.15, 0.2) is 77.0 Å². The summed E-state index contributed by atoms with van der Waals surface area (Å²) in [4.78, 5) is 35.4. The molecule has 1 aliphatic rings. The van der Waals surface area contributed by atoms with Crippen LogP contribution in [-0.2, 0) is 9.59 Å². The zero-order valence-corrected chi connectivity index (χ0v) is 17.4. The van der Waals surface area contributed by atoms with Crippen molar-refractivity contribution in [3.05, 3.63) is 88.2 Å². The van der Waals surface area contributed by atoms with E-state index in [1.54, 1.807) is 48.5 Å². The van der Waals surface area contributed by atoms with E-state index in [1.807, 2.05) is 6.07 Å². The number of nitrogens with zero attached hydrogens (tertiary/aromatic N) is 3. The van der Waals surface area contributed by atoms with Gasteiger partial charge < -0.3 is 9.84 Å². The molecule has 1 saturated heterocycles. The molecule has 0 unspecified atom stereocenters. The van der Waals surface area contributed by atoms with Gasteiger partial charge in [0.25, 0.3) is 5.78 Å². The highest BCUT2D eigenvalue weighted by atomic mass is 79.9. The molecule has 1 amide bonds. The number of methoxy groups -OCH3 is 1. The third-order valence-electron chi connectivity index (χ3n) is 4.74. The number of halogens is 1. The third-order valence-corrected chi connectivity index (χ3v) is 5.23. The molecule has 0 saturated carbocycles. The molecular formula is C22H16BrN3O4. The predicted octanol–water partition coefficient (Wildman–Crippen LogP) is 3.87. The number of benzene rings is 2. The van der Waals surface area contributed by atoms with E-state index in [0.717, 1.165) is 4.47 Å². The maximum atomic E-state index is 13.0. The van der Waals surface area contributed by atoms with Crippen molar-refractivity contribution in [2.75, 3.05) is 12.0 Å². The van der Waals surface area contributed by atoms with Crippen molar-refractivity contribution < 1.29 is 19.4 Å². The van der Waals surface area contributed by atoms with Crippen molar-refractivity contribution in [3.63, 3.8) is 0 Å². The van der Waals surface area contributed by atoms with E-state index in [2.05, 4.69) is 25.9 Å². The summed E-state index contributed by atoms with van der Waals surface area (Å²) >= 11 is 3.42. The lowest BCUT2D eigenvalue weighted by molar-refractivity contribution is -0.132. The van der Waals surface area contributed by atoms with Gasteiger partial charge in [-0.2, -0.15) is 0 Å². The highest BCUT2D eigenvalue weighted by molar-refractivity contribution is 9.10. The normalized spacial score (nSPS) is 17.9. The molecule has 0 bridgehead atoms. The number of carbonyl (C=O) groups excluding carboxylic acids is 2. The van der Waals surface area contributed by atoms with Gasteiger partial charge >= 0.3 is 5.91 Å². The number of aromatic nitrogens is 2. The summed E-state index contributed by atoms with van der Waals surface area (Å²) in [5.41, 5.74) is 0.990. The van der Waals surface area contributed by atoms with E-state index in [9.17, 15) is 14.7 Å². The van der Waals surface area contributed by atoms with Crippen LogP contribution >= 0.6 is 15.9 Å². The predicted molar refractivity (Wildman–Crippen MR) is 114 cm³/mol. The van der Waals surface area contributed by atoms with Crippen molar-refractivity contribution in [1.29, 1.82) is 0 Å². The Morgan fingerprint density at radius 2 is 1.77 bits per heavy atom. The fourth-order valence-electron chi connectivity index (χ4n) is 3.35. The van der Waals surface area contributed by atoms with Crippen LogP contribution in [0.3, 0.4) is 0 Å². The Labute approximate surface area is 180 Å². The minimum atomic E-state index is -0.882. The number of anilines is 1. The molecule has 1 aromatic heterocycles. The first kappa shape index (κ1) is 19.8. The van der Waals surface area contributed by atoms with Gasteiger partial charge in [-0.3, -0.25) is 14.5 Å². The van der Waals surface area contributed by atoms with Crippen LogP contribution in [0.5, 0.6) is 5.75 Å². The number of rotatable bonds is 4. The molecule has 0 aliphatic carbocycles. The highest BCUT2D eigenvalue weighted by Gasteiger charge is 2.48. The van der Waals surface area contributed by atoms with Crippen LogP contribution in [0.25, 0.3) is 5.76 Å². The number of aliphatic hydroxyl groups excluding tert-OH is 1. The molecule has 0 radical (unpaired) electrons. The third kappa shape index (κ3) is 3.46. The van der Waals surface area contributed by atoms with Gasteiger partial charge in [0.15, 0.2) is 0 Å². The van der Waals surface area contributed by atoms with Crippen LogP contribution in [-0.4, -0.2) is 33.9 Å². The summed E-state index contributed by atoms with van der Waals surface area (Å²) < 4.78 is 5.91. The second-order valence-electron chi connectivity index (χ2n) is 6.50. The van der Waals surface area contributed by atoms with Gasteiger partial charge in [-0.05, 0) is 48.0 Å². The van der Waals surface area contributed by atoms with Gasteiger partial charge in [0.05, 0.1) is 18.7 Å². The average Bonchev–Trinajstić information content (AvgIpc) is 3.04. The number of hydrogen-bond donors (Lipinski definition) is 1. The van der Waals surface area contributed by atoms with E-state index in [0.29, 0.717) is 16.9 Å². The minimum absolute atomic E-state index is 0.0317. The second kappa shape index (κ2) is 8.08. The smallest absolute Gasteiger partial charge is 0.302 e. The highest BCUT2D eigenvalue weighted by Crippen LogP contribution is 2.41. The van der Waals surface area contributed by atoms with Crippen LogP contribution in [0.2, 0.25) is 0 Å². The van der Waals surface area contributed by atoms with Crippen LogP contribution in [0, 0.1) is 0 Å². The first-order valence-corrected chi connectivity index (χ1v) is 9.78. The molecule has 7 nitrogen and oxygen atoms in total. The van der Waals surface area contributed by atoms with E-state index in [4.69, 9.17) is 4.74 Å². The monoisotopic (exact) mass is 465 g/mol. The molecule has 150 valence electrons. The molecule has 2 heterocycles. The first-order valence-electron chi connectivity index (χ1n) is 8.99. The summed E-state index contributed by atoms with van der Waals surface area (Å²) in [5, 5.41) is 11.0. The molecular weight excluding hydrogens is 450 g/mol. The van der Waals surface area contributed by atoms with Gasteiger partial charge in [-0.1, -0.05) is 28.1 Å². The Morgan fingerprint density at radius 1 is 1.07 bits per heavy atom. The topological polar surface area (TPSA) is 92.6 Å². The Kier molecular flexibility index (Phi) is 5.33. The largest absolute Gasteiger partial charge is 0.507 e. The number of carbonyl (C=O) groups is 2. The number of ether oxygens (including phenoxy) is 1. The van der Waals surface area contributed by atoms with Gasteiger partial charge in [0.1, 0.15) is 11.5 Å². The van der Waals surface area contributed by atoms with Crippen molar-refractivity contribution in [2.24, 2.45) is 0 Å². The van der Waals surface area contributed by atoms with Crippen molar-refractivity contribution >= 4 is 39.3 Å². The zero-order valence-electron chi connectivity index (χ0n) is 15.8. The Balaban J connectivity index is 1.93. The van der Waals surface area contributed by atoms with Gasteiger partial charge in [0.2, 0.25) is 5.95 Å². The Hall–Kier alpha value is -3.52. The van der Waals surface area contributed by atoms with Gasteiger partial charge in [-0.25, -0.2) is 9.97 Å². The van der Waals surface area contributed by atoms with E-state index in [-0.39, 0.29) is 17.3 Å². The molecule has 1 N–H and O–H groups in total. The van der Waals surface area contributed by atoms with Crippen LogP contribution in [0.1, 0.15) is 17.2 Å². The van der Waals surface area contributed by atoms with E-state index in [1.165, 1.54) is 24.4 Å². The molecule has 3 aromatic rings. The number of Topliss-reactive ketones (excluding diaryl/α,β-unsaturated/α-hetero) is 1. The van der Waals surface area contributed by atoms with E-state index < -0.39 is 17.7 Å². The standard InChI is InChI=1S/C22H16BrN3O4/c1-30-16-8-6-13(7-9-16)19(27)17-18(14-4-2-5-15(23)12-14)26(21(29)20(17)28)22-24-10-3-11-25-22/h2-12,18,27H,1H3/t18-/m1/s1. The molecule has 4 rings (SSSR count). The number of amides is 1. The maximum Gasteiger partial charge on any atom is 0.302 e. The van der Waals surface area contributed by atoms with Crippen LogP contribution < -0.4 is 9.64 Å². The lowest BCUT2D eigenvalue weighted by Gasteiger charge is -2.23. The summed E-state index contributed by atoms with van der Waals surface area (Å²) in [6.07, 6.45) is 2.98. The SMILES string of the molecule is COc1ccc(C(O)=C2C(=O)C(=O)N(c3ncccn3)[C@@H]2c2cccc(Br)c2)cc1. The first-order chi connectivity index (χ1) is 14.5. The van der Waals surface area contributed by atoms with Gasteiger partial charge in [0, 0.05) is 22.4 Å². The summed E-state index contributed by atoms with van der Waals surface area (Å²) in [5.74, 6) is -1.20. The number of aliphatic hydroxyl groups is 1.